The third kappa shape index (κ3) is 9.53. The fourth-order valence-electron chi connectivity index (χ4n) is 0.532. The highest BCUT2D eigenvalue weighted by atomic mass is 17.2. The zero-order valence-corrected chi connectivity index (χ0v) is 8.92. The van der Waals surface area contributed by atoms with E-state index in [0.29, 0.717) is 13.2 Å². The van der Waals surface area contributed by atoms with Gasteiger partial charge in [0.1, 0.15) is 12.7 Å². The molecule has 77 valence electrons. The van der Waals surface area contributed by atoms with E-state index >= 15 is 0 Å². The monoisotopic (exact) mass is 187 g/mol. The van der Waals surface area contributed by atoms with Crippen molar-refractivity contribution in [1.29, 1.82) is 0 Å². The first-order valence-electron chi connectivity index (χ1n) is 4.32. The molecular formula is C10H19O3. The van der Waals surface area contributed by atoms with Crippen molar-refractivity contribution in [2.45, 2.75) is 33.3 Å². The summed E-state index contributed by atoms with van der Waals surface area (Å²) in [5, 5.41) is 0. The van der Waals surface area contributed by atoms with Gasteiger partial charge in [-0.2, -0.15) is 0 Å². The first-order valence-corrected chi connectivity index (χ1v) is 4.32. The number of hydrogen-bond acceptors (Lipinski definition) is 3. The second-order valence-corrected chi connectivity index (χ2v) is 3.76. The van der Waals surface area contributed by atoms with Gasteiger partial charge in [-0.15, -0.1) is 6.58 Å². The molecule has 0 aliphatic carbocycles. The standard InChI is InChI=1S/C10H19O3/c1-6-7-11-9(2)8-12-13-10(3,4)5/h6H,1,7-8H2,2-5H3. The highest BCUT2D eigenvalue weighted by Gasteiger charge is 2.12. The van der Waals surface area contributed by atoms with Gasteiger partial charge in [0, 0.05) is 0 Å². The molecule has 0 rings (SSSR count). The lowest BCUT2D eigenvalue weighted by Gasteiger charge is -2.18. The van der Waals surface area contributed by atoms with Crippen LogP contribution in [-0.2, 0) is 14.5 Å². The number of ether oxygens (including phenoxy) is 1. The van der Waals surface area contributed by atoms with Gasteiger partial charge in [0.15, 0.2) is 0 Å². The molecule has 3 heteroatoms. The second-order valence-electron chi connectivity index (χ2n) is 3.76. The fourth-order valence-corrected chi connectivity index (χ4v) is 0.532. The summed E-state index contributed by atoms with van der Waals surface area (Å²) in [5.74, 6) is 0. The predicted molar refractivity (Wildman–Crippen MR) is 51.9 cm³/mol. The van der Waals surface area contributed by atoms with Gasteiger partial charge >= 0.3 is 0 Å². The van der Waals surface area contributed by atoms with Crippen molar-refractivity contribution in [2.75, 3.05) is 13.2 Å². The summed E-state index contributed by atoms with van der Waals surface area (Å²) >= 11 is 0. The van der Waals surface area contributed by atoms with Crippen LogP contribution < -0.4 is 0 Å². The van der Waals surface area contributed by atoms with E-state index in [9.17, 15) is 0 Å². The summed E-state index contributed by atoms with van der Waals surface area (Å²) < 4.78 is 5.20. The molecule has 3 nitrogen and oxygen atoms in total. The predicted octanol–water partition coefficient (Wildman–Crippen LogP) is 2.49. The molecule has 0 saturated carbocycles. The van der Waals surface area contributed by atoms with E-state index in [1.165, 1.54) is 0 Å². The maximum Gasteiger partial charge on any atom is 0.123 e. The number of rotatable bonds is 6. The lowest BCUT2D eigenvalue weighted by molar-refractivity contribution is -0.349. The average molecular weight is 187 g/mol. The van der Waals surface area contributed by atoms with E-state index < -0.39 is 0 Å². The van der Waals surface area contributed by atoms with Gasteiger partial charge in [-0.05, 0) is 27.7 Å². The van der Waals surface area contributed by atoms with E-state index in [-0.39, 0.29) is 5.60 Å². The Labute approximate surface area is 80.6 Å². The number of hydrogen-bond donors (Lipinski definition) is 0. The first-order chi connectivity index (χ1) is 5.95. The van der Waals surface area contributed by atoms with Gasteiger partial charge in [-0.3, -0.25) is 0 Å². The van der Waals surface area contributed by atoms with Crippen molar-refractivity contribution in [3.05, 3.63) is 18.8 Å². The van der Waals surface area contributed by atoms with Crippen LogP contribution in [0.3, 0.4) is 0 Å². The third-order valence-electron chi connectivity index (χ3n) is 1.02. The van der Waals surface area contributed by atoms with Gasteiger partial charge in [-0.25, -0.2) is 9.78 Å². The lowest BCUT2D eigenvalue weighted by atomic mass is 10.2. The van der Waals surface area contributed by atoms with Crippen molar-refractivity contribution in [3.8, 4) is 0 Å². The van der Waals surface area contributed by atoms with E-state index in [1.807, 2.05) is 27.7 Å². The highest BCUT2D eigenvalue weighted by Crippen LogP contribution is 2.09. The van der Waals surface area contributed by atoms with E-state index in [4.69, 9.17) is 14.5 Å². The molecule has 0 aromatic rings. The zero-order chi connectivity index (χ0) is 10.3. The van der Waals surface area contributed by atoms with Gasteiger partial charge in [0.05, 0.1) is 12.2 Å². The second kappa shape index (κ2) is 6.13. The molecule has 1 radical (unpaired) electrons. The third-order valence-corrected chi connectivity index (χ3v) is 1.02. The summed E-state index contributed by atoms with van der Waals surface area (Å²) in [6, 6.07) is 0. The van der Waals surface area contributed by atoms with E-state index in [1.54, 1.807) is 6.08 Å². The highest BCUT2D eigenvalue weighted by molar-refractivity contribution is 4.74. The summed E-state index contributed by atoms with van der Waals surface area (Å²) in [4.78, 5) is 10.0. The van der Waals surface area contributed by atoms with E-state index in [0.717, 1.165) is 6.10 Å². The van der Waals surface area contributed by atoms with Crippen LogP contribution in [-0.4, -0.2) is 18.8 Å². The Morgan fingerprint density at radius 2 is 2.00 bits per heavy atom. The van der Waals surface area contributed by atoms with Gasteiger partial charge in [0.25, 0.3) is 0 Å². The molecule has 0 N–H and O–H groups in total. The molecule has 0 aliphatic heterocycles. The van der Waals surface area contributed by atoms with Crippen molar-refractivity contribution in [3.63, 3.8) is 0 Å². The first kappa shape index (κ1) is 12.6. The molecule has 0 aromatic heterocycles. The summed E-state index contributed by atoms with van der Waals surface area (Å²) in [5.41, 5.74) is -0.279. The molecule has 0 heterocycles. The quantitative estimate of drug-likeness (QED) is 0.363. The Balaban J connectivity index is 3.36. The van der Waals surface area contributed by atoms with Crippen LogP contribution in [0.2, 0.25) is 0 Å². The van der Waals surface area contributed by atoms with Crippen LogP contribution in [0.15, 0.2) is 12.7 Å². The van der Waals surface area contributed by atoms with Crippen molar-refractivity contribution < 1.29 is 14.5 Å². The molecule has 0 unspecified atom stereocenters. The Morgan fingerprint density at radius 1 is 1.38 bits per heavy atom. The van der Waals surface area contributed by atoms with Crippen LogP contribution in [0, 0.1) is 6.10 Å². The van der Waals surface area contributed by atoms with E-state index in [2.05, 4.69) is 6.58 Å². The van der Waals surface area contributed by atoms with Crippen molar-refractivity contribution in [1.82, 2.24) is 0 Å². The van der Waals surface area contributed by atoms with Crippen LogP contribution in [0.4, 0.5) is 0 Å². The molecule has 0 aromatic carbocycles. The van der Waals surface area contributed by atoms with Crippen molar-refractivity contribution >= 4 is 0 Å². The molecule has 0 aliphatic rings. The van der Waals surface area contributed by atoms with Crippen LogP contribution in [0.25, 0.3) is 0 Å². The van der Waals surface area contributed by atoms with Gasteiger partial charge in [-0.1, -0.05) is 6.08 Å². The van der Waals surface area contributed by atoms with Crippen LogP contribution >= 0.6 is 0 Å². The molecular weight excluding hydrogens is 168 g/mol. The SMILES string of the molecule is C=CCO[C](C)COOC(C)(C)C. The summed E-state index contributed by atoms with van der Waals surface area (Å²) in [6.45, 7) is 12.0. The Bertz CT molecular complexity index is 138. The summed E-state index contributed by atoms with van der Waals surface area (Å²) in [6.07, 6.45) is 2.47. The van der Waals surface area contributed by atoms with Gasteiger partial charge in [0.2, 0.25) is 0 Å². The average Bonchev–Trinajstić information content (AvgIpc) is 1.98. The topological polar surface area (TPSA) is 27.7 Å². The Morgan fingerprint density at radius 3 is 2.46 bits per heavy atom. The normalized spacial score (nSPS) is 12.1. The van der Waals surface area contributed by atoms with Crippen LogP contribution in [0.5, 0.6) is 0 Å². The smallest absolute Gasteiger partial charge is 0.123 e. The minimum Gasteiger partial charge on any atom is -0.366 e. The van der Waals surface area contributed by atoms with Crippen molar-refractivity contribution in [2.24, 2.45) is 0 Å². The van der Waals surface area contributed by atoms with Gasteiger partial charge < -0.3 is 4.74 Å². The Kier molecular flexibility index (Phi) is 5.95. The molecule has 13 heavy (non-hydrogen) atoms. The van der Waals surface area contributed by atoms with Crippen LogP contribution in [0.1, 0.15) is 27.7 Å². The lowest BCUT2D eigenvalue weighted by Crippen LogP contribution is -2.21. The minimum atomic E-state index is -0.279. The minimum absolute atomic E-state index is 0.279. The molecule has 0 spiro atoms. The Hall–Kier alpha value is -0.380. The molecule has 0 atom stereocenters. The molecule has 0 bridgehead atoms. The fraction of sp³-hybridized carbons (Fsp3) is 0.700. The largest absolute Gasteiger partial charge is 0.366 e. The molecule has 0 saturated heterocycles. The zero-order valence-electron chi connectivity index (χ0n) is 8.92. The molecule has 0 amide bonds. The molecule has 0 fully saturated rings. The maximum atomic E-state index is 5.20. The maximum absolute atomic E-state index is 5.20. The summed E-state index contributed by atoms with van der Waals surface area (Å²) in [7, 11) is 0.